The minimum Gasteiger partial charge on any atom is -0.361 e. The topological polar surface area (TPSA) is 44.9 Å². The molecule has 0 aliphatic rings. The molecule has 118 valence electrons. The first-order valence-corrected chi connectivity index (χ1v) is 7.69. The van der Waals surface area contributed by atoms with Crippen molar-refractivity contribution in [2.75, 3.05) is 6.54 Å². The molecular formula is C19H19FN2O. The molecule has 1 amide bonds. The lowest BCUT2D eigenvalue weighted by Gasteiger charge is -2.05. The van der Waals surface area contributed by atoms with Crippen molar-refractivity contribution in [2.24, 2.45) is 0 Å². The van der Waals surface area contributed by atoms with E-state index in [9.17, 15) is 9.18 Å². The fourth-order valence-electron chi connectivity index (χ4n) is 2.66. The van der Waals surface area contributed by atoms with Crippen molar-refractivity contribution in [3.8, 4) is 0 Å². The van der Waals surface area contributed by atoms with Gasteiger partial charge in [0.1, 0.15) is 5.82 Å². The zero-order chi connectivity index (χ0) is 16.2. The Kier molecular flexibility index (Phi) is 4.42. The van der Waals surface area contributed by atoms with Crippen LogP contribution >= 0.6 is 0 Å². The molecule has 0 saturated carbocycles. The second-order valence-electron chi connectivity index (χ2n) is 5.77. The van der Waals surface area contributed by atoms with E-state index < -0.39 is 0 Å². The van der Waals surface area contributed by atoms with Crippen LogP contribution in [0.4, 0.5) is 4.39 Å². The van der Waals surface area contributed by atoms with Gasteiger partial charge < -0.3 is 10.3 Å². The van der Waals surface area contributed by atoms with Crippen molar-refractivity contribution in [3.63, 3.8) is 0 Å². The summed E-state index contributed by atoms with van der Waals surface area (Å²) in [6, 6.07) is 12.7. The summed E-state index contributed by atoms with van der Waals surface area (Å²) < 4.78 is 13.2. The third-order valence-corrected chi connectivity index (χ3v) is 3.93. The first kappa shape index (κ1) is 15.3. The molecule has 1 aromatic heterocycles. The van der Waals surface area contributed by atoms with Crippen molar-refractivity contribution >= 4 is 16.8 Å². The average Bonchev–Trinajstić information content (AvgIpc) is 2.92. The summed E-state index contributed by atoms with van der Waals surface area (Å²) in [5, 5.41) is 3.93. The Balaban J connectivity index is 1.54. The highest BCUT2D eigenvalue weighted by atomic mass is 19.1. The van der Waals surface area contributed by atoms with Gasteiger partial charge in [0.05, 0.1) is 6.42 Å². The third-order valence-electron chi connectivity index (χ3n) is 3.93. The molecule has 23 heavy (non-hydrogen) atoms. The summed E-state index contributed by atoms with van der Waals surface area (Å²) in [5.41, 5.74) is 4.06. The molecule has 0 bridgehead atoms. The number of fused-ring (bicyclic) bond motifs is 1. The Bertz CT molecular complexity index is 821. The molecule has 1 heterocycles. The number of amides is 1. The molecule has 0 fully saturated rings. The van der Waals surface area contributed by atoms with Gasteiger partial charge in [-0.3, -0.25) is 4.79 Å². The van der Waals surface area contributed by atoms with E-state index in [1.807, 2.05) is 37.4 Å². The van der Waals surface area contributed by atoms with Crippen molar-refractivity contribution in [1.82, 2.24) is 10.3 Å². The molecule has 2 aromatic carbocycles. The van der Waals surface area contributed by atoms with Crippen molar-refractivity contribution in [1.29, 1.82) is 0 Å². The summed E-state index contributed by atoms with van der Waals surface area (Å²) in [7, 11) is 0. The van der Waals surface area contributed by atoms with Crippen LogP contribution in [0.15, 0.2) is 48.7 Å². The minimum atomic E-state index is -0.252. The maximum Gasteiger partial charge on any atom is 0.224 e. The van der Waals surface area contributed by atoms with Crippen molar-refractivity contribution in [3.05, 3.63) is 71.2 Å². The van der Waals surface area contributed by atoms with Crippen LogP contribution in [-0.4, -0.2) is 17.4 Å². The van der Waals surface area contributed by atoms with Gasteiger partial charge in [-0.25, -0.2) is 4.39 Å². The standard InChI is InChI=1S/C19H19FN2O/c1-13-2-4-14(5-3-13)10-19(23)21-9-8-15-12-22-18-11-16(20)6-7-17(15)18/h2-7,11-12,22H,8-10H2,1H3,(H,21,23). The lowest BCUT2D eigenvalue weighted by atomic mass is 10.1. The van der Waals surface area contributed by atoms with Crippen LogP contribution < -0.4 is 5.32 Å². The van der Waals surface area contributed by atoms with E-state index in [-0.39, 0.29) is 11.7 Å². The highest BCUT2D eigenvalue weighted by Gasteiger charge is 2.06. The fraction of sp³-hybridized carbons (Fsp3) is 0.211. The van der Waals surface area contributed by atoms with E-state index in [0.717, 1.165) is 22.0 Å². The largest absolute Gasteiger partial charge is 0.361 e. The number of aromatic nitrogens is 1. The highest BCUT2D eigenvalue weighted by Crippen LogP contribution is 2.19. The lowest BCUT2D eigenvalue weighted by molar-refractivity contribution is -0.120. The van der Waals surface area contributed by atoms with Crippen molar-refractivity contribution < 1.29 is 9.18 Å². The summed E-state index contributed by atoms with van der Waals surface area (Å²) >= 11 is 0. The normalized spacial score (nSPS) is 10.9. The van der Waals surface area contributed by atoms with Gasteiger partial charge in [0, 0.05) is 23.6 Å². The second kappa shape index (κ2) is 6.65. The summed E-state index contributed by atoms with van der Waals surface area (Å²) in [6.07, 6.45) is 2.97. The predicted molar refractivity (Wildman–Crippen MR) is 89.9 cm³/mol. The maximum absolute atomic E-state index is 13.2. The smallest absolute Gasteiger partial charge is 0.224 e. The van der Waals surface area contributed by atoms with E-state index in [1.165, 1.54) is 17.7 Å². The van der Waals surface area contributed by atoms with Gasteiger partial charge in [0.15, 0.2) is 0 Å². The number of hydrogen-bond donors (Lipinski definition) is 2. The zero-order valence-electron chi connectivity index (χ0n) is 13.0. The number of halogens is 1. The molecular weight excluding hydrogens is 291 g/mol. The van der Waals surface area contributed by atoms with Gasteiger partial charge in [0.2, 0.25) is 5.91 Å². The number of benzene rings is 2. The number of hydrogen-bond acceptors (Lipinski definition) is 1. The van der Waals surface area contributed by atoms with E-state index in [1.54, 1.807) is 6.07 Å². The van der Waals surface area contributed by atoms with Crippen LogP contribution in [0.1, 0.15) is 16.7 Å². The molecule has 0 aliphatic heterocycles. The molecule has 3 rings (SSSR count). The minimum absolute atomic E-state index is 0.0136. The van der Waals surface area contributed by atoms with Gasteiger partial charge in [0.25, 0.3) is 0 Å². The Morgan fingerprint density at radius 2 is 1.96 bits per heavy atom. The maximum atomic E-state index is 13.2. The Morgan fingerprint density at radius 3 is 2.74 bits per heavy atom. The van der Waals surface area contributed by atoms with Crippen LogP contribution in [0, 0.1) is 12.7 Å². The number of nitrogens with one attached hydrogen (secondary N) is 2. The van der Waals surface area contributed by atoms with Crippen LogP contribution in [-0.2, 0) is 17.6 Å². The Hall–Kier alpha value is -2.62. The molecule has 0 spiro atoms. The summed E-state index contributed by atoms with van der Waals surface area (Å²) in [4.78, 5) is 15.0. The number of rotatable bonds is 5. The van der Waals surface area contributed by atoms with Crippen molar-refractivity contribution in [2.45, 2.75) is 19.8 Å². The predicted octanol–water partition coefficient (Wildman–Crippen LogP) is 3.52. The molecule has 3 nitrogen and oxygen atoms in total. The number of carbonyl (C=O) groups is 1. The molecule has 0 saturated heterocycles. The molecule has 3 aromatic rings. The van der Waals surface area contributed by atoms with Crippen LogP contribution in [0.2, 0.25) is 0 Å². The first-order chi connectivity index (χ1) is 11.1. The van der Waals surface area contributed by atoms with Crippen LogP contribution in [0.5, 0.6) is 0 Å². The van der Waals surface area contributed by atoms with Gasteiger partial charge >= 0.3 is 0 Å². The average molecular weight is 310 g/mol. The van der Waals surface area contributed by atoms with Gasteiger partial charge in [-0.1, -0.05) is 29.8 Å². The highest BCUT2D eigenvalue weighted by molar-refractivity contribution is 5.83. The summed E-state index contributed by atoms with van der Waals surface area (Å²) in [5.74, 6) is -0.239. The lowest BCUT2D eigenvalue weighted by Crippen LogP contribution is -2.27. The molecule has 0 aliphatic carbocycles. The first-order valence-electron chi connectivity index (χ1n) is 7.69. The van der Waals surface area contributed by atoms with E-state index >= 15 is 0 Å². The van der Waals surface area contributed by atoms with Crippen LogP contribution in [0.25, 0.3) is 10.9 Å². The molecule has 4 heteroatoms. The van der Waals surface area contributed by atoms with E-state index in [0.29, 0.717) is 19.4 Å². The third kappa shape index (κ3) is 3.77. The zero-order valence-corrected chi connectivity index (χ0v) is 13.0. The second-order valence-corrected chi connectivity index (χ2v) is 5.77. The van der Waals surface area contributed by atoms with E-state index in [2.05, 4.69) is 10.3 Å². The molecule has 2 N–H and O–H groups in total. The summed E-state index contributed by atoms with van der Waals surface area (Å²) in [6.45, 7) is 2.59. The fourth-order valence-corrected chi connectivity index (χ4v) is 2.66. The number of H-pyrrole nitrogens is 1. The Morgan fingerprint density at radius 1 is 1.17 bits per heavy atom. The Labute approximate surface area is 134 Å². The van der Waals surface area contributed by atoms with Gasteiger partial charge in [-0.15, -0.1) is 0 Å². The SMILES string of the molecule is Cc1ccc(CC(=O)NCCc2c[nH]c3cc(F)ccc23)cc1. The van der Waals surface area contributed by atoms with E-state index in [4.69, 9.17) is 0 Å². The van der Waals surface area contributed by atoms with Crippen LogP contribution in [0.3, 0.4) is 0 Å². The number of carbonyl (C=O) groups excluding carboxylic acids is 1. The number of aryl methyl sites for hydroxylation is 1. The molecule has 0 radical (unpaired) electrons. The number of aromatic amines is 1. The van der Waals surface area contributed by atoms with Gasteiger partial charge in [-0.05, 0) is 42.7 Å². The quantitative estimate of drug-likeness (QED) is 0.744. The van der Waals surface area contributed by atoms with Gasteiger partial charge in [-0.2, -0.15) is 0 Å². The molecule has 0 atom stereocenters. The monoisotopic (exact) mass is 310 g/mol. The molecule has 0 unspecified atom stereocenters.